The number of H-pyrrole nitrogens is 1. The molecule has 0 radical (unpaired) electrons. The van der Waals surface area contributed by atoms with Crippen LogP contribution in [-0.2, 0) is 0 Å². The van der Waals surface area contributed by atoms with E-state index in [2.05, 4.69) is 36.1 Å². The minimum atomic E-state index is -0.0340. The van der Waals surface area contributed by atoms with Gasteiger partial charge in [0.25, 0.3) is 5.91 Å². The van der Waals surface area contributed by atoms with Crippen LogP contribution in [0.4, 0.5) is 0 Å². The third kappa shape index (κ3) is 2.26. The van der Waals surface area contributed by atoms with Crippen LogP contribution in [0.2, 0.25) is 5.15 Å². The van der Waals surface area contributed by atoms with E-state index in [1.54, 1.807) is 12.3 Å². The molecule has 4 nitrogen and oxygen atoms in total. The smallest absolute Gasteiger partial charge is 0.267 e. The molecule has 0 unspecified atom stereocenters. The summed E-state index contributed by atoms with van der Waals surface area (Å²) in [6.45, 7) is 7.02. The van der Waals surface area contributed by atoms with E-state index >= 15 is 0 Å². The quantitative estimate of drug-likeness (QED) is 0.817. The molecule has 5 rings (SSSR count). The average molecular weight is 332 g/mol. The van der Waals surface area contributed by atoms with Crippen molar-refractivity contribution in [1.82, 2.24) is 15.3 Å². The highest BCUT2D eigenvalue weighted by Gasteiger charge is 2.56. The van der Waals surface area contributed by atoms with Gasteiger partial charge in [0.05, 0.1) is 11.7 Å². The molecule has 1 amide bonds. The van der Waals surface area contributed by atoms with E-state index in [1.165, 1.54) is 6.42 Å². The molecule has 2 heterocycles. The number of amides is 1. The summed E-state index contributed by atoms with van der Waals surface area (Å²) in [6.07, 6.45) is 4.07. The van der Waals surface area contributed by atoms with Gasteiger partial charge in [-0.25, -0.2) is 4.98 Å². The zero-order valence-electron chi connectivity index (χ0n) is 13.7. The molecule has 2 aromatic heterocycles. The third-order valence-corrected chi connectivity index (χ3v) is 6.59. The topological polar surface area (TPSA) is 57.8 Å². The first-order valence-electron chi connectivity index (χ1n) is 8.31. The molecule has 4 atom stereocenters. The Hall–Kier alpha value is -1.55. The van der Waals surface area contributed by atoms with Gasteiger partial charge in [-0.1, -0.05) is 32.4 Å². The fourth-order valence-corrected chi connectivity index (χ4v) is 4.88. The predicted molar refractivity (Wildman–Crippen MR) is 91.5 cm³/mol. The number of pyridine rings is 1. The Morgan fingerprint density at radius 3 is 2.87 bits per heavy atom. The largest absolute Gasteiger partial charge is 0.349 e. The van der Waals surface area contributed by atoms with Crippen molar-refractivity contribution in [3.8, 4) is 0 Å². The Bertz CT molecular complexity index is 782. The van der Waals surface area contributed by atoms with Crippen LogP contribution in [0.15, 0.2) is 18.3 Å². The molecule has 2 N–H and O–H groups in total. The maximum atomic E-state index is 12.6. The molecule has 23 heavy (non-hydrogen) atoms. The van der Waals surface area contributed by atoms with E-state index in [4.69, 9.17) is 11.6 Å². The summed E-state index contributed by atoms with van der Waals surface area (Å²) >= 11 is 5.90. The van der Waals surface area contributed by atoms with Gasteiger partial charge in [-0.05, 0) is 48.1 Å². The van der Waals surface area contributed by atoms with Gasteiger partial charge in [-0.3, -0.25) is 4.79 Å². The number of aromatic amines is 1. The lowest BCUT2D eigenvalue weighted by Gasteiger charge is -2.62. The molecular weight excluding hydrogens is 310 g/mol. The van der Waals surface area contributed by atoms with Crippen LogP contribution in [0.25, 0.3) is 10.9 Å². The van der Waals surface area contributed by atoms with Crippen LogP contribution in [-0.4, -0.2) is 21.9 Å². The van der Waals surface area contributed by atoms with Crippen molar-refractivity contribution in [2.75, 3.05) is 0 Å². The van der Waals surface area contributed by atoms with Crippen molar-refractivity contribution in [3.05, 3.63) is 29.2 Å². The number of carbonyl (C=O) groups is 1. The summed E-state index contributed by atoms with van der Waals surface area (Å²) < 4.78 is 0. The number of nitrogens with one attached hydrogen (secondary N) is 2. The lowest BCUT2D eigenvalue weighted by atomic mass is 9.45. The van der Waals surface area contributed by atoms with E-state index in [0.29, 0.717) is 22.2 Å². The number of carbonyl (C=O) groups excluding carboxylic acids is 1. The zero-order chi connectivity index (χ0) is 16.4. The Morgan fingerprint density at radius 2 is 2.17 bits per heavy atom. The molecule has 0 aliphatic heterocycles. The number of fused-ring (bicyclic) bond motifs is 3. The standard InChI is InChI=1S/C18H22ClN3O/c1-9-12-6-11(18(12,2)3)7-13(9)22-17(23)14-4-10-5-16(19)20-8-15(10)21-14/h4-5,8-9,11-13,21H,6-7H2,1-3H3,(H,22,23)/t9-,11+,12-,13-/m0/s1. The number of hydrogen-bond acceptors (Lipinski definition) is 2. The van der Waals surface area contributed by atoms with Gasteiger partial charge in [-0.15, -0.1) is 0 Å². The Kier molecular flexibility index (Phi) is 3.24. The number of aromatic nitrogens is 2. The number of nitrogens with zero attached hydrogens (tertiary/aromatic N) is 1. The average Bonchev–Trinajstić information content (AvgIpc) is 2.91. The second kappa shape index (κ2) is 4.97. The fourth-order valence-electron chi connectivity index (χ4n) is 4.71. The van der Waals surface area contributed by atoms with E-state index in [9.17, 15) is 4.79 Å². The van der Waals surface area contributed by atoms with Crippen LogP contribution in [0.1, 0.15) is 44.1 Å². The third-order valence-electron chi connectivity index (χ3n) is 6.39. The minimum Gasteiger partial charge on any atom is -0.349 e. The van der Waals surface area contributed by atoms with Crippen molar-refractivity contribution in [1.29, 1.82) is 0 Å². The van der Waals surface area contributed by atoms with Crippen molar-refractivity contribution >= 4 is 28.4 Å². The first-order valence-corrected chi connectivity index (χ1v) is 8.69. The van der Waals surface area contributed by atoms with Crippen LogP contribution in [0.3, 0.4) is 0 Å². The van der Waals surface area contributed by atoms with Crippen molar-refractivity contribution in [3.63, 3.8) is 0 Å². The normalized spacial score (nSPS) is 31.7. The molecule has 2 aromatic rings. The van der Waals surface area contributed by atoms with Crippen molar-refractivity contribution in [2.24, 2.45) is 23.2 Å². The molecular formula is C18H22ClN3O. The summed E-state index contributed by atoms with van der Waals surface area (Å²) in [4.78, 5) is 19.8. The zero-order valence-corrected chi connectivity index (χ0v) is 14.4. The lowest BCUT2D eigenvalue weighted by molar-refractivity contribution is -0.113. The Labute approximate surface area is 141 Å². The van der Waals surface area contributed by atoms with Gasteiger partial charge in [0, 0.05) is 11.4 Å². The van der Waals surface area contributed by atoms with Gasteiger partial charge in [-0.2, -0.15) is 0 Å². The van der Waals surface area contributed by atoms with Gasteiger partial charge in [0.2, 0.25) is 0 Å². The maximum Gasteiger partial charge on any atom is 0.267 e. The highest BCUT2D eigenvalue weighted by atomic mass is 35.5. The lowest BCUT2D eigenvalue weighted by Crippen LogP contribution is -2.60. The van der Waals surface area contributed by atoms with Crippen molar-refractivity contribution < 1.29 is 4.79 Å². The highest BCUT2D eigenvalue weighted by Crippen LogP contribution is 2.61. The Balaban J connectivity index is 1.51. The van der Waals surface area contributed by atoms with Gasteiger partial charge in [0.1, 0.15) is 10.8 Å². The molecule has 3 saturated carbocycles. The molecule has 0 saturated heterocycles. The second-order valence-electron chi connectivity index (χ2n) is 7.81. The van der Waals surface area contributed by atoms with Crippen LogP contribution in [0.5, 0.6) is 0 Å². The van der Waals surface area contributed by atoms with Crippen LogP contribution < -0.4 is 5.32 Å². The highest BCUT2D eigenvalue weighted by molar-refractivity contribution is 6.30. The molecule has 3 fully saturated rings. The minimum absolute atomic E-state index is 0.0340. The molecule has 122 valence electrons. The van der Waals surface area contributed by atoms with Gasteiger partial charge in [0.15, 0.2) is 0 Å². The first-order chi connectivity index (χ1) is 10.9. The van der Waals surface area contributed by atoms with Gasteiger partial charge < -0.3 is 10.3 Å². The maximum absolute atomic E-state index is 12.6. The van der Waals surface area contributed by atoms with Crippen LogP contribution in [0, 0.1) is 23.2 Å². The summed E-state index contributed by atoms with van der Waals surface area (Å²) in [7, 11) is 0. The van der Waals surface area contributed by atoms with E-state index in [-0.39, 0.29) is 11.9 Å². The molecule has 0 spiro atoms. The SMILES string of the molecule is C[C@@H]1[C@@H](NC(=O)c2cc3cc(Cl)ncc3[nH]2)C[C@H]2C[C@@H]1C2(C)C. The molecule has 2 bridgehead atoms. The monoisotopic (exact) mass is 331 g/mol. The van der Waals surface area contributed by atoms with Crippen LogP contribution >= 0.6 is 11.6 Å². The van der Waals surface area contributed by atoms with E-state index in [1.807, 2.05) is 6.07 Å². The molecule has 5 heteroatoms. The van der Waals surface area contributed by atoms with Gasteiger partial charge >= 0.3 is 0 Å². The first kappa shape index (κ1) is 15.0. The predicted octanol–water partition coefficient (Wildman–Crippen LogP) is 4.02. The summed E-state index contributed by atoms with van der Waals surface area (Å²) in [6, 6.07) is 3.88. The molecule has 0 aromatic carbocycles. The number of halogens is 1. The van der Waals surface area contributed by atoms with E-state index < -0.39 is 0 Å². The number of rotatable bonds is 2. The Morgan fingerprint density at radius 1 is 1.39 bits per heavy atom. The van der Waals surface area contributed by atoms with E-state index in [0.717, 1.165) is 29.2 Å². The number of hydrogen-bond donors (Lipinski definition) is 2. The molecule has 3 aliphatic rings. The fraction of sp³-hybridized carbons (Fsp3) is 0.556. The second-order valence-corrected chi connectivity index (χ2v) is 8.20. The summed E-state index contributed by atoms with van der Waals surface area (Å²) in [5.74, 6) is 1.95. The molecule has 3 aliphatic carbocycles. The van der Waals surface area contributed by atoms with Crippen molar-refractivity contribution in [2.45, 2.75) is 39.7 Å². The summed E-state index contributed by atoms with van der Waals surface area (Å²) in [5, 5.41) is 4.59. The summed E-state index contributed by atoms with van der Waals surface area (Å²) in [5.41, 5.74) is 1.85.